The van der Waals surface area contributed by atoms with Gasteiger partial charge in [0.05, 0.1) is 18.1 Å². The fourth-order valence-corrected chi connectivity index (χ4v) is 5.19. The molecule has 202 valence electrons. The molecule has 3 rings (SSSR count). The number of ether oxygens (including phenoxy) is 2. The molecule has 11 heteroatoms. The van der Waals surface area contributed by atoms with Crippen LogP contribution >= 0.6 is 0 Å². The molecule has 1 aliphatic heterocycles. The highest BCUT2D eigenvalue weighted by Crippen LogP contribution is 2.21. The van der Waals surface area contributed by atoms with Crippen LogP contribution in [-0.2, 0) is 30.9 Å². The SMILES string of the molecule is CCCCNC(=O)[C@@H](C)N(Cc1ccc(F)cc1)C(=O)COc1ccc(S(=O)(=O)N2CCOCC2)cc1. The average molecular weight is 536 g/mol. The second-order valence-electron chi connectivity index (χ2n) is 8.75. The number of halogens is 1. The minimum absolute atomic E-state index is 0.0988. The Morgan fingerprint density at radius 2 is 1.76 bits per heavy atom. The molecule has 2 aromatic rings. The van der Waals surface area contributed by atoms with E-state index in [2.05, 4.69) is 5.32 Å². The summed E-state index contributed by atoms with van der Waals surface area (Å²) in [5, 5.41) is 2.83. The summed E-state index contributed by atoms with van der Waals surface area (Å²) in [6.07, 6.45) is 1.75. The van der Waals surface area contributed by atoms with Crippen LogP contribution in [0.3, 0.4) is 0 Å². The van der Waals surface area contributed by atoms with Gasteiger partial charge in [0.15, 0.2) is 6.61 Å². The van der Waals surface area contributed by atoms with Gasteiger partial charge in [0.2, 0.25) is 15.9 Å². The number of benzene rings is 2. The Balaban J connectivity index is 1.67. The second-order valence-corrected chi connectivity index (χ2v) is 10.7. The van der Waals surface area contributed by atoms with E-state index in [0.29, 0.717) is 44.2 Å². The van der Waals surface area contributed by atoms with Crippen LogP contribution in [0.1, 0.15) is 32.3 Å². The Bertz CT molecular complexity index is 1140. The Labute approximate surface area is 217 Å². The van der Waals surface area contributed by atoms with E-state index in [-0.39, 0.29) is 24.0 Å². The van der Waals surface area contributed by atoms with Gasteiger partial charge in [-0.1, -0.05) is 25.5 Å². The van der Waals surface area contributed by atoms with E-state index in [1.165, 1.54) is 45.6 Å². The van der Waals surface area contributed by atoms with Gasteiger partial charge in [0.1, 0.15) is 17.6 Å². The second kappa shape index (κ2) is 13.5. The van der Waals surface area contributed by atoms with Gasteiger partial charge in [0, 0.05) is 26.2 Å². The van der Waals surface area contributed by atoms with E-state index in [9.17, 15) is 22.4 Å². The van der Waals surface area contributed by atoms with Crippen LogP contribution in [0.25, 0.3) is 0 Å². The van der Waals surface area contributed by atoms with Gasteiger partial charge in [-0.2, -0.15) is 4.31 Å². The number of hydrogen-bond donors (Lipinski definition) is 1. The maximum atomic E-state index is 13.3. The molecule has 9 nitrogen and oxygen atoms in total. The number of morpholine rings is 1. The van der Waals surface area contributed by atoms with E-state index >= 15 is 0 Å². The number of rotatable bonds is 12. The molecule has 0 spiro atoms. The van der Waals surface area contributed by atoms with Crippen LogP contribution in [-0.4, -0.2) is 74.9 Å². The van der Waals surface area contributed by atoms with Crippen molar-refractivity contribution >= 4 is 21.8 Å². The average Bonchev–Trinajstić information content (AvgIpc) is 2.91. The van der Waals surface area contributed by atoms with Crippen LogP contribution in [0.2, 0.25) is 0 Å². The summed E-state index contributed by atoms with van der Waals surface area (Å²) in [5.41, 5.74) is 0.667. The smallest absolute Gasteiger partial charge is 0.261 e. The van der Waals surface area contributed by atoms with E-state index in [1.807, 2.05) is 6.92 Å². The third-order valence-electron chi connectivity index (χ3n) is 6.06. The van der Waals surface area contributed by atoms with Gasteiger partial charge in [0.25, 0.3) is 5.91 Å². The molecular weight excluding hydrogens is 501 g/mol. The van der Waals surface area contributed by atoms with Crippen LogP contribution in [0.15, 0.2) is 53.4 Å². The molecule has 1 aliphatic rings. The third-order valence-corrected chi connectivity index (χ3v) is 7.97. The summed E-state index contributed by atoms with van der Waals surface area (Å²) in [6, 6.07) is 10.8. The molecule has 37 heavy (non-hydrogen) atoms. The van der Waals surface area contributed by atoms with Gasteiger partial charge in [-0.15, -0.1) is 0 Å². The summed E-state index contributed by atoms with van der Waals surface area (Å²) < 4.78 is 51.2. The first-order chi connectivity index (χ1) is 17.7. The molecule has 0 unspecified atom stereocenters. The number of amides is 2. The minimum Gasteiger partial charge on any atom is -0.484 e. The van der Waals surface area contributed by atoms with E-state index in [0.717, 1.165) is 12.8 Å². The van der Waals surface area contributed by atoms with Crippen molar-refractivity contribution in [2.45, 2.75) is 44.2 Å². The van der Waals surface area contributed by atoms with Crippen molar-refractivity contribution in [1.29, 1.82) is 0 Å². The van der Waals surface area contributed by atoms with Gasteiger partial charge in [-0.3, -0.25) is 9.59 Å². The maximum absolute atomic E-state index is 13.3. The first kappa shape index (κ1) is 28.5. The van der Waals surface area contributed by atoms with Crippen molar-refractivity contribution in [3.63, 3.8) is 0 Å². The Morgan fingerprint density at radius 3 is 2.38 bits per heavy atom. The predicted octanol–water partition coefficient (Wildman–Crippen LogP) is 2.56. The molecule has 1 heterocycles. The first-order valence-electron chi connectivity index (χ1n) is 12.3. The van der Waals surface area contributed by atoms with Crippen molar-refractivity contribution in [1.82, 2.24) is 14.5 Å². The predicted molar refractivity (Wildman–Crippen MR) is 136 cm³/mol. The van der Waals surface area contributed by atoms with Crippen molar-refractivity contribution in [3.05, 3.63) is 59.9 Å². The maximum Gasteiger partial charge on any atom is 0.261 e. The minimum atomic E-state index is -3.64. The molecule has 0 radical (unpaired) electrons. The Morgan fingerprint density at radius 1 is 1.11 bits per heavy atom. The monoisotopic (exact) mass is 535 g/mol. The normalized spacial score (nSPS) is 15.1. The molecule has 0 bridgehead atoms. The van der Waals surface area contributed by atoms with E-state index < -0.39 is 27.8 Å². The molecule has 0 aromatic heterocycles. The topological polar surface area (TPSA) is 105 Å². The lowest BCUT2D eigenvalue weighted by Gasteiger charge is -2.29. The Hall–Kier alpha value is -3.02. The number of hydrogen-bond acceptors (Lipinski definition) is 6. The highest BCUT2D eigenvalue weighted by molar-refractivity contribution is 7.89. The number of unbranched alkanes of at least 4 members (excludes halogenated alkanes) is 1. The summed E-state index contributed by atoms with van der Waals surface area (Å²) in [6.45, 7) is 5.19. The summed E-state index contributed by atoms with van der Waals surface area (Å²) in [5.74, 6) is -0.806. The third kappa shape index (κ3) is 7.98. The lowest BCUT2D eigenvalue weighted by molar-refractivity contribution is -0.142. The standard InChI is InChI=1S/C26H34FN3O6S/c1-3-4-13-28-26(32)20(2)30(18-21-5-7-22(27)8-6-21)25(31)19-36-23-9-11-24(12-10-23)37(33,34)29-14-16-35-17-15-29/h5-12,20H,3-4,13-19H2,1-2H3,(H,28,32)/t20-/m1/s1. The van der Waals surface area contributed by atoms with Crippen LogP contribution in [0.4, 0.5) is 4.39 Å². The van der Waals surface area contributed by atoms with Crippen molar-refractivity contribution in [2.24, 2.45) is 0 Å². The number of nitrogens with zero attached hydrogens (tertiary/aromatic N) is 2. The summed E-state index contributed by atoms with van der Waals surface area (Å²) in [7, 11) is -3.64. The van der Waals surface area contributed by atoms with Crippen LogP contribution < -0.4 is 10.1 Å². The number of carbonyl (C=O) groups excluding carboxylic acids is 2. The quantitative estimate of drug-likeness (QED) is 0.419. The van der Waals surface area contributed by atoms with Crippen molar-refractivity contribution in [3.8, 4) is 5.75 Å². The fourth-order valence-electron chi connectivity index (χ4n) is 3.78. The van der Waals surface area contributed by atoms with E-state index in [4.69, 9.17) is 9.47 Å². The lowest BCUT2D eigenvalue weighted by atomic mass is 10.1. The molecule has 1 fully saturated rings. The highest BCUT2D eigenvalue weighted by atomic mass is 32.2. The molecule has 2 amide bonds. The fraction of sp³-hybridized carbons (Fsp3) is 0.462. The molecular formula is C26H34FN3O6S. The van der Waals surface area contributed by atoms with Crippen LogP contribution in [0.5, 0.6) is 5.75 Å². The van der Waals surface area contributed by atoms with Gasteiger partial charge < -0.3 is 19.7 Å². The molecule has 1 N–H and O–H groups in total. The molecule has 1 atom stereocenters. The van der Waals surface area contributed by atoms with Gasteiger partial charge in [-0.05, 0) is 55.3 Å². The zero-order chi connectivity index (χ0) is 26.8. The molecule has 0 saturated carbocycles. The van der Waals surface area contributed by atoms with E-state index in [1.54, 1.807) is 19.1 Å². The number of sulfonamides is 1. The zero-order valence-electron chi connectivity index (χ0n) is 21.2. The largest absolute Gasteiger partial charge is 0.484 e. The van der Waals surface area contributed by atoms with Crippen LogP contribution in [0, 0.1) is 5.82 Å². The zero-order valence-corrected chi connectivity index (χ0v) is 22.0. The molecule has 2 aromatic carbocycles. The van der Waals surface area contributed by atoms with Crippen molar-refractivity contribution in [2.75, 3.05) is 39.5 Å². The summed E-state index contributed by atoms with van der Waals surface area (Å²) >= 11 is 0. The van der Waals surface area contributed by atoms with Gasteiger partial charge in [-0.25, -0.2) is 12.8 Å². The van der Waals surface area contributed by atoms with Gasteiger partial charge >= 0.3 is 0 Å². The Kier molecular flexibility index (Phi) is 10.4. The van der Waals surface area contributed by atoms with Crippen molar-refractivity contribution < 1.29 is 31.9 Å². The summed E-state index contributed by atoms with van der Waals surface area (Å²) in [4.78, 5) is 27.3. The lowest BCUT2D eigenvalue weighted by Crippen LogP contribution is -2.49. The number of nitrogens with one attached hydrogen (secondary N) is 1. The highest BCUT2D eigenvalue weighted by Gasteiger charge is 2.28. The molecule has 1 saturated heterocycles. The number of carbonyl (C=O) groups is 2. The first-order valence-corrected chi connectivity index (χ1v) is 13.8. The molecule has 0 aliphatic carbocycles.